The minimum atomic E-state index is 0.0877. The predicted molar refractivity (Wildman–Crippen MR) is 138 cm³/mol. The fraction of sp³-hybridized carbons (Fsp3) is 0.259. The zero-order chi connectivity index (χ0) is 23.5. The van der Waals surface area contributed by atoms with E-state index in [1.54, 1.807) is 0 Å². The van der Waals surface area contributed by atoms with Crippen LogP contribution in [0.15, 0.2) is 77.8 Å². The third-order valence-electron chi connectivity index (χ3n) is 6.53. The van der Waals surface area contributed by atoms with Crippen LogP contribution in [-0.4, -0.2) is 54.5 Å². The average molecular weight is 475 g/mol. The highest BCUT2D eigenvalue weighted by Crippen LogP contribution is 2.36. The molecule has 2 heterocycles. The number of carbonyl (C=O) groups is 1. The lowest BCUT2D eigenvalue weighted by Crippen LogP contribution is -2.65. The van der Waals surface area contributed by atoms with Crippen molar-refractivity contribution >= 4 is 40.4 Å². The molecular weight excluding hydrogens is 446 g/mol. The quantitative estimate of drug-likeness (QED) is 0.529. The first-order valence-corrected chi connectivity index (χ1v) is 12.1. The molecule has 2 N–H and O–H groups in total. The lowest BCUT2D eigenvalue weighted by Gasteiger charge is -2.42. The Morgan fingerprint density at radius 1 is 1.03 bits per heavy atom. The molecule has 1 fully saturated rings. The number of hydrogen-bond donors (Lipinski definition) is 2. The number of quaternary nitrogens is 1. The number of rotatable bonds is 4. The summed E-state index contributed by atoms with van der Waals surface area (Å²) in [5.74, 6) is 1.02. The minimum absolute atomic E-state index is 0.0877. The zero-order valence-electron chi connectivity index (χ0n) is 19.3. The van der Waals surface area contributed by atoms with Gasteiger partial charge in [0.05, 0.1) is 31.5 Å². The van der Waals surface area contributed by atoms with E-state index in [1.807, 2.05) is 48.5 Å². The molecule has 7 heteroatoms. The van der Waals surface area contributed by atoms with Gasteiger partial charge in [-0.1, -0.05) is 54.1 Å². The van der Waals surface area contributed by atoms with Crippen LogP contribution < -0.4 is 10.7 Å². The van der Waals surface area contributed by atoms with E-state index in [9.17, 15) is 4.79 Å². The van der Waals surface area contributed by atoms with Crippen LogP contribution in [0.1, 0.15) is 17.5 Å². The Kier molecular flexibility index (Phi) is 6.26. The Bertz CT molecular complexity index is 1220. The van der Waals surface area contributed by atoms with E-state index in [1.165, 1.54) is 5.56 Å². The minimum Gasteiger partial charge on any atom is -0.353 e. The van der Waals surface area contributed by atoms with E-state index < -0.39 is 0 Å². The number of fused-ring (bicyclic) bond motifs is 2. The van der Waals surface area contributed by atoms with Crippen LogP contribution in [0.4, 0.5) is 17.1 Å². The van der Waals surface area contributed by atoms with E-state index in [-0.39, 0.29) is 5.91 Å². The number of aryl methyl sites for hydroxylation is 1. The number of nitrogens with one attached hydrogen (secondary N) is 2. The van der Waals surface area contributed by atoms with Crippen molar-refractivity contribution in [3.05, 3.63) is 88.9 Å². The molecule has 1 saturated heterocycles. The van der Waals surface area contributed by atoms with Crippen molar-refractivity contribution in [1.82, 2.24) is 10.3 Å². The number of anilines is 2. The predicted octanol–water partition coefficient (Wildman–Crippen LogP) is 4.90. The summed E-state index contributed by atoms with van der Waals surface area (Å²) in [6.07, 6.45) is 1.24. The summed E-state index contributed by atoms with van der Waals surface area (Å²) in [6.45, 7) is 3.18. The maximum absolute atomic E-state index is 12.7. The van der Waals surface area contributed by atoms with Crippen LogP contribution in [0.25, 0.3) is 0 Å². The highest BCUT2D eigenvalue weighted by molar-refractivity contribution is 6.31. The highest BCUT2D eigenvalue weighted by atomic mass is 35.5. The molecule has 6 nitrogen and oxygen atoms in total. The van der Waals surface area contributed by atoms with Crippen LogP contribution in [0.2, 0.25) is 5.02 Å². The molecule has 5 rings (SSSR count). The second kappa shape index (κ2) is 9.49. The van der Waals surface area contributed by atoms with Crippen molar-refractivity contribution < 1.29 is 9.39 Å². The van der Waals surface area contributed by atoms with Gasteiger partial charge in [-0.05, 0) is 42.3 Å². The van der Waals surface area contributed by atoms with Crippen LogP contribution in [0, 0.1) is 0 Å². The summed E-state index contributed by atoms with van der Waals surface area (Å²) < 4.78 is 0.527. The van der Waals surface area contributed by atoms with Gasteiger partial charge in [-0.3, -0.25) is 4.79 Å². The second-order valence-electron chi connectivity index (χ2n) is 9.12. The molecule has 0 bridgehead atoms. The third-order valence-corrected chi connectivity index (χ3v) is 6.76. The Balaban J connectivity index is 1.29. The fourth-order valence-corrected chi connectivity index (χ4v) is 4.71. The monoisotopic (exact) mass is 474 g/mol. The van der Waals surface area contributed by atoms with Gasteiger partial charge in [0.25, 0.3) is 5.91 Å². The number of likely N-dealkylation sites (N-methyl/N-ethyl adjacent to an activating group) is 1. The Labute approximate surface area is 205 Å². The van der Waals surface area contributed by atoms with E-state index >= 15 is 0 Å². The van der Waals surface area contributed by atoms with Crippen molar-refractivity contribution in [2.75, 3.05) is 38.5 Å². The molecule has 1 amide bonds. The first-order chi connectivity index (χ1) is 16.5. The van der Waals surface area contributed by atoms with Crippen LogP contribution in [-0.2, 0) is 11.2 Å². The van der Waals surface area contributed by atoms with E-state index in [0.717, 1.165) is 61.1 Å². The molecule has 174 valence electrons. The summed E-state index contributed by atoms with van der Waals surface area (Å²) in [7, 11) is 2.09. The molecule has 2 aliphatic rings. The Hall–Kier alpha value is -3.35. The molecule has 0 saturated carbocycles. The summed E-state index contributed by atoms with van der Waals surface area (Å²) in [5, 5.41) is 4.17. The molecule has 0 aromatic heterocycles. The number of benzene rings is 3. The molecule has 0 radical (unpaired) electrons. The van der Waals surface area contributed by atoms with E-state index in [2.05, 4.69) is 47.0 Å². The van der Waals surface area contributed by atoms with Gasteiger partial charge in [0.1, 0.15) is 18.9 Å². The van der Waals surface area contributed by atoms with Gasteiger partial charge in [0.2, 0.25) is 0 Å². The molecule has 3 aromatic carbocycles. The molecule has 0 unspecified atom stereocenters. The zero-order valence-corrected chi connectivity index (χ0v) is 20.1. The molecule has 0 spiro atoms. The number of hydrogen-bond acceptors (Lipinski definition) is 4. The lowest BCUT2D eigenvalue weighted by atomic mass is 10.1. The molecule has 2 aliphatic heterocycles. The van der Waals surface area contributed by atoms with Crippen molar-refractivity contribution in [1.29, 1.82) is 0 Å². The summed E-state index contributed by atoms with van der Waals surface area (Å²) in [4.78, 5) is 20.0. The third kappa shape index (κ3) is 4.93. The number of nitrogens with zero attached hydrogens (tertiary/aromatic N) is 3. The van der Waals surface area contributed by atoms with Gasteiger partial charge >= 0.3 is 0 Å². The van der Waals surface area contributed by atoms with E-state index in [4.69, 9.17) is 16.6 Å². The molecule has 3 aromatic rings. The van der Waals surface area contributed by atoms with E-state index in [0.29, 0.717) is 16.0 Å². The average Bonchev–Trinajstić information content (AvgIpc) is 3.00. The second-order valence-corrected chi connectivity index (χ2v) is 9.55. The van der Waals surface area contributed by atoms with Crippen LogP contribution >= 0.6 is 11.6 Å². The summed E-state index contributed by atoms with van der Waals surface area (Å²) in [5.41, 5.74) is 8.29. The molecule has 0 atom stereocenters. The van der Waals surface area contributed by atoms with Crippen molar-refractivity contribution in [2.24, 2.45) is 4.99 Å². The standard InChI is InChI=1S/C27H28ClN5O/c1-33(31-26(34)14-11-20-7-3-2-4-8-20)17-15-32(16-18-33)27-22-9-5-6-10-23(22)29-24-13-12-21(28)19-25(24)30-27/h2-10,12-13,19H,11,14-18H2,1H3,(H-,29,30,31,34)/p+1. The highest BCUT2D eigenvalue weighted by Gasteiger charge is 2.33. The molecule has 0 aliphatic carbocycles. The maximum atomic E-state index is 12.7. The van der Waals surface area contributed by atoms with Crippen molar-refractivity contribution in [2.45, 2.75) is 12.8 Å². The van der Waals surface area contributed by atoms with Crippen molar-refractivity contribution in [3.63, 3.8) is 0 Å². The van der Waals surface area contributed by atoms with Gasteiger partial charge in [0, 0.05) is 22.7 Å². The number of piperazine rings is 1. The van der Waals surface area contributed by atoms with Crippen LogP contribution in [0.5, 0.6) is 0 Å². The van der Waals surface area contributed by atoms with Gasteiger partial charge in [0.15, 0.2) is 0 Å². The Morgan fingerprint density at radius 3 is 2.56 bits per heavy atom. The SMILES string of the molecule is C[N+]1(NC(=O)CCc2ccccc2)CCN(C2=Nc3cc(Cl)ccc3Nc3ccccc32)CC1. The largest absolute Gasteiger partial charge is 0.353 e. The van der Waals surface area contributed by atoms with Gasteiger partial charge in [-0.15, -0.1) is 0 Å². The number of amides is 1. The smallest absolute Gasteiger partial charge is 0.265 e. The topological polar surface area (TPSA) is 56.7 Å². The number of halogens is 1. The number of aliphatic imine (C=N–C) groups is 1. The maximum Gasteiger partial charge on any atom is 0.265 e. The first-order valence-electron chi connectivity index (χ1n) is 11.7. The lowest BCUT2D eigenvalue weighted by molar-refractivity contribution is -0.946. The van der Waals surface area contributed by atoms with Crippen molar-refractivity contribution in [3.8, 4) is 0 Å². The van der Waals surface area contributed by atoms with Gasteiger partial charge in [-0.2, -0.15) is 0 Å². The Morgan fingerprint density at radius 2 is 1.76 bits per heavy atom. The number of amidine groups is 1. The van der Waals surface area contributed by atoms with Crippen LogP contribution in [0.3, 0.4) is 0 Å². The summed E-state index contributed by atoms with van der Waals surface area (Å²) >= 11 is 6.27. The molecule has 34 heavy (non-hydrogen) atoms. The number of carbonyl (C=O) groups excluding carboxylic acids is 1. The fourth-order valence-electron chi connectivity index (χ4n) is 4.54. The number of para-hydroxylation sites is 1. The van der Waals surface area contributed by atoms with Gasteiger partial charge in [-0.25, -0.2) is 15.0 Å². The normalized spacial score (nSPS) is 16.4. The van der Waals surface area contributed by atoms with Gasteiger partial charge < -0.3 is 10.2 Å². The summed E-state index contributed by atoms with van der Waals surface area (Å²) in [6, 6.07) is 24.1. The molecular formula is C27H29ClN5O+. The first kappa shape index (κ1) is 22.4.